The molecule has 0 saturated heterocycles. The average Bonchev–Trinajstić information content (AvgIpc) is 3.44. The van der Waals surface area contributed by atoms with Crippen LogP contribution >= 0.6 is 11.3 Å². The second kappa shape index (κ2) is 8.64. The van der Waals surface area contributed by atoms with Crippen molar-refractivity contribution in [1.29, 1.82) is 0 Å². The van der Waals surface area contributed by atoms with E-state index < -0.39 is 0 Å². The third-order valence-corrected chi connectivity index (χ3v) is 5.79. The van der Waals surface area contributed by atoms with Crippen LogP contribution in [0, 0.1) is 6.92 Å². The molecule has 1 amide bonds. The summed E-state index contributed by atoms with van der Waals surface area (Å²) in [4.78, 5) is 21.6. The molecule has 158 valence electrons. The molecular weight excluding hydrogens is 420 g/mol. The average molecular weight is 441 g/mol. The molecule has 0 saturated carbocycles. The number of benzene rings is 2. The van der Waals surface area contributed by atoms with Gasteiger partial charge in [-0.2, -0.15) is 0 Å². The summed E-state index contributed by atoms with van der Waals surface area (Å²) in [6, 6.07) is 20.7. The molecule has 7 heteroatoms. The monoisotopic (exact) mass is 440 g/mol. The van der Waals surface area contributed by atoms with Gasteiger partial charge in [-0.15, -0.1) is 11.3 Å². The molecule has 0 unspecified atom stereocenters. The lowest BCUT2D eigenvalue weighted by Gasteiger charge is -2.08. The van der Waals surface area contributed by atoms with Crippen molar-refractivity contribution in [3.63, 3.8) is 0 Å². The van der Waals surface area contributed by atoms with E-state index in [1.54, 1.807) is 35.6 Å². The van der Waals surface area contributed by atoms with Gasteiger partial charge < -0.3 is 14.5 Å². The Kier molecular flexibility index (Phi) is 5.39. The molecule has 1 N–H and O–H groups in total. The SMILES string of the molecule is Cc1nc(COc2ccc(C(=O)Nc3ccc(-c4cn5ccccc5n4)cc3)cc2)cs1. The molecule has 3 heterocycles. The van der Waals surface area contributed by atoms with Gasteiger partial charge in [-0.3, -0.25) is 4.79 Å². The Balaban J connectivity index is 1.21. The summed E-state index contributed by atoms with van der Waals surface area (Å²) in [6.07, 6.45) is 3.96. The number of fused-ring (bicyclic) bond motifs is 1. The summed E-state index contributed by atoms with van der Waals surface area (Å²) in [6.45, 7) is 2.38. The number of hydrogen-bond acceptors (Lipinski definition) is 5. The Hall–Kier alpha value is -3.97. The number of aryl methyl sites for hydroxylation is 1. The van der Waals surface area contributed by atoms with Gasteiger partial charge in [-0.05, 0) is 55.5 Å². The van der Waals surface area contributed by atoms with Crippen molar-refractivity contribution in [2.24, 2.45) is 0 Å². The lowest BCUT2D eigenvalue weighted by molar-refractivity contribution is 0.102. The number of ether oxygens (including phenoxy) is 1. The lowest BCUT2D eigenvalue weighted by Crippen LogP contribution is -2.11. The number of rotatable bonds is 6. The number of pyridine rings is 1. The van der Waals surface area contributed by atoms with Gasteiger partial charge in [-0.25, -0.2) is 9.97 Å². The Morgan fingerprint density at radius 2 is 1.84 bits per heavy atom. The highest BCUT2D eigenvalue weighted by Gasteiger charge is 2.08. The van der Waals surface area contributed by atoms with Crippen molar-refractivity contribution in [3.8, 4) is 17.0 Å². The summed E-state index contributed by atoms with van der Waals surface area (Å²) in [5.41, 5.74) is 4.96. The zero-order valence-corrected chi connectivity index (χ0v) is 18.2. The van der Waals surface area contributed by atoms with Crippen molar-refractivity contribution in [1.82, 2.24) is 14.4 Å². The Morgan fingerprint density at radius 3 is 2.56 bits per heavy atom. The van der Waals surface area contributed by atoms with Crippen LogP contribution in [0.25, 0.3) is 16.9 Å². The number of imidazole rings is 1. The smallest absolute Gasteiger partial charge is 0.255 e. The summed E-state index contributed by atoms with van der Waals surface area (Å²) >= 11 is 1.60. The Labute approximate surface area is 189 Å². The number of nitrogens with zero attached hydrogens (tertiary/aromatic N) is 3. The minimum atomic E-state index is -0.174. The fraction of sp³-hybridized carbons (Fsp3) is 0.0800. The minimum absolute atomic E-state index is 0.174. The molecule has 0 fully saturated rings. The van der Waals surface area contributed by atoms with Crippen molar-refractivity contribution < 1.29 is 9.53 Å². The number of nitrogens with one attached hydrogen (secondary N) is 1. The topological polar surface area (TPSA) is 68.5 Å². The van der Waals surface area contributed by atoms with Gasteiger partial charge in [0, 0.05) is 34.6 Å². The van der Waals surface area contributed by atoms with Crippen LogP contribution in [0.2, 0.25) is 0 Å². The highest BCUT2D eigenvalue weighted by Crippen LogP contribution is 2.22. The van der Waals surface area contributed by atoms with Crippen LogP contribution in [0.15, 0.2) is 84.5 Å². The van der Waals surface area contributed by atoms with E-state index in [4.69, 9.17) is 4.74 Å². The molecule has 5 rings (SSSR count). The number of amides is 1. The third-order valence-electron chi connectivity index (χ3n) is 4.97. The molecule has 0 spiro atoms. The third kappa shape index (κ3) is 4.38. The highest BCUT2D eigenvalue weighted by atomic mass is 32.1. The first-order valence-corrected chi connectivity index (χ1v) is 11.0. The molecule has 0 bridgehead atoms. The van der Waals surface area contributed by atoms with Crippen LogP contribution in [0.5, 0.6) is 5.75 Å². The van der Waals surface area contributed by atoms with Gasteiger partial charge in [0.25, 0.3) is 5.91 Å². The number of carbonyl (C=O) groups excluding carboxylic acids is 1. The molecule has 0 aliphatic carbocycles. The van der Waals surface area contributed by atoms with Crippen LogP contribution < -0.4 is 10.1 Å². The molecule has 3 aromatic heterocycles. The maximum Gasteiger partial charge on any atom is 0.255 e. The Morgan fingerprint density at radius 1 is 1.03 bits per heavy atom. The molecular formula is C25H20N4O2S. The summed E-state index contributed by atoms with van der Waals surface area (Å²) < 4.78 is 7.72. The minimum Gasteiger partial charge on any atom is -0.487 e. The standard InChI is InChI=1S/C25H20N4O2S/c1-17-26-21(16-32-17)15-31-22-11-7-19(8-12-22)25(30)27-20-9-5-18(6-10-20)23-14-29-13-3-2-4-24(29)28-23/h2-14,16H,15H2,1H3,(H,27,30). The largest absolute Gasteiger partial charge is 0.487 e. The highest BCUT2D eigenvalue weighted by molar-refractivity contribution is 7.09. The fourth-order valence-electron chi connectivity index (χ4n) is 3.34. The molecule has 2 aromatic carbocycles. The predicted octanol–water partition coefficient (Wildman–Crippen LogP) is 5.60. The first-order valence-electron chi connectivity index (χ1n) is 10.1. The van der Waals surface area contributed by atoms with Gasteiger partial charge in [0.2, 0.25) is 0 Å². The van der Waals surface area contributed by atoms with E-state index >= 15 is 0 Å². The summed E-state index contributed by atoms with van der Waals surface area (Å²) in [7, 11) is 0. The van der Waals surface area contributed by atoms with Gasteiger partial charge in [0.05, 0.1) is 16.4 Å². The van der Waals surface area contributed by atoms with Crippen LogP contribution in [0.4, 0.5) is 5.69 Å². The second-order valence-corrected chi connectivity index (χ2v) is 8.36. The van der Waals surface area contributed by atoms with Gasteiger partial charge in [0.15, 0.2) is 0 Å². The van der Waals surface area contributed by atoms with E-state index in [1.807, 2.05) is 71.6 Å². The number of thiazole rings is 1. The van der Waals surface area contributed by atoms with Crippen LogP contribution in [0.1, 0.15) is 21.1 Å². The fourth-order valence-corrected chi connectivity index (χ4v) is 3.93. The summed E-state index contributed by atoms with van der Waals surface area (Å²) in [5, 5.41) is 5.93. The number of aromatic nitrogens is 3. The molecule has 0 aliphatic heterocycles. The zero-order chi connectivity index (χ0) is 21.9. The maximum absolute atomic E-state index is 12.6. The molecule has 0 aliphatic rings. The van der Waals surface area contributed by atoms with Crippen molar-refractivity contribution in [2.45, 2.75) is 13.5 Å². The maximum atomic E-state index is 12.6. The number of anilines is 1. The number of carbonyl (C=O) groups is 1. The van der Waals surface area contributed by atoms with E-state index in [2.05, 4.69) is 15.3 Å². The van der Waals surface area contributed by atoms with Crippen LogP contribution in [-0.4, -0.2) is 20.3 Å². The van der Waals surface area contributed by atoms with Crippen molar-refractivity contribution in [3.05, 3.63) is 101 Å². The normalized spacial score (nSPS) is 10.9. The molecule has 6 nitrogen and oxygen atoms in total. The first-order chi connectivity index (χ1) is 15.6. The van der Waals surface area contributed by atoms with E-state index in [0.29, 0.717) is 17.9 Å². The van der Waals surface area contributed by atoms with E-state index in [1.165, 1.54) is 0 Å². The predicted molar refractivity (Wildman–Crippen MR) is 126 cm³/mol. The van der Waals surface area contributed by atoms with E-state index in [0.717, 1.165) is 33.3 Å². The summed E-state index contributed by atoms with van der Waals surface area (Å²) in [5.74, 6) is 0.524. The van der Waals surface area contributed by atoms with Crippen LogP contribution in [0.3, 0.4) is 0 Å². The van der Waals surface area contributed by atoms with E-state index in [-0.39, 0.29) is 5.91 Å². The first kappa shape index (κ1) is 20.0. The zero-order valence-electron chi connectivity index (χ0n) is 17.4. The quantitative estimate of drug-likeness (QED) is 0.373. The lowest BCUT2D eigenvalue weighted by atomic mass is 10.1. The van der Waals surface area contributed by atoms with E-state index in [9.17, 15) is 4.79 Å². The van der Waals surface area contributed by atoms with Gasteiger partial charge in [0.1, 0.15) is 18.0 Å². The molecule has 32 heavy (non-hydrogen) atoms. The van der Waals surface area contributed by atoms with Crippen molar-refractivity contribution in [2.75, 3.05) is 5.32 Å². The number of hydrogen-bond donors (Lipinski definition) is 1. The van der Waals surface area contributed by atoms with Crippen molar-refractivity contribution >= 4 is 28.6 Å². The van der Waals surface area contributed by atoms with Gasteiger partial charge in [-0.1, -0.05) is 18.2 Å². The molecule has 0 radical (unpaired) electrons. The van der Waals surface area contributed by atoms with Crippen LogP contribution in [-0.2, 0) is 6.61 Å². The molecule has 5 aromatic rings. The Bertz CT molecular complexity index is 1340. The van der Waals surface area contributed by atoms with Gasteiger partial charge >= 0.3 is 0 Å². The molecule has 0 atom stereocenters. The second-order valence-electron chi connectivity index (χ2n) is 7.29.